The van der Waals surface area contributed by atoms with E-state index in [4.69, 9.17) is 5.11 Å². The summed E-state index contributed by atoms with van der Waals surface area (Å²) >= 11 is 4.70. The van der Waals surface area contributed by atoms with E-state index in [9.17, 15) is 19.2 Å². The number of carbonyl (C=O) groups is 4. The summed E-state index contributed by atoms with van der Waals surface area (Å²) in [7, 11) is 2.41. The number of esters is 2. The number of carboxylic acids is 1. The number of Topliss-reactive ketones (excluding diaryl/α,β-unsaturated/α-hetero) is 1. The first-order valence-electron chi connectivity index (χ1n) is 5.47. The first-order chi connectivity index (χ1) is 9.26. The van der Waals surface area contributed by atoms with E-state index in [-0.39, 0.29) is 11.5 Å². The molecule has 1 aliphatic rings. The van der Waals surface area contributed by atoms with Crippen LogP contribution in [0.5, 0.6) is 0 Å². The molecule has 1 saturated heterocycles. The van der Waals surface area contributed by atoms with Crippen molar-refractivity contribution in [1.29, 1.82) is 0 Å². The molecule has 0 bridgehead atoms. The van der Waals surface area contributed by atoms with Gasteiger partial charge in [-0.15, -0.1) is 11.8 Å². The topological polar surface area (TPSA) is 107 Å². The van der Waals surface area contributed by atoms with Gasteiger partial charge in [-0.05, 0) is 6.92 Å². The summed E-state index contributed by atoms with van der Waals surface area (Å²) in [5.74, 6) is -3.24. The van der Waals surface area contributed by atoms with Gasteiger partial charge in [-0.25, -0.2) is 0 Å². The van der Waals surface area contributed by atoms with Crippen molar-refractivity contribution >= 4 is 48.1 Å². The maximum Gasteiger partial charge on any atom is 0.320 e. The highest BCUT2D eigenvalue weighted by molar-refractivity contribution is 8.01. The van der Waals surface area contributed by atoms with Crippen molar-refractivity contribution < 1.29 is 33.8 Å². The number of methoxy groups -OCH3 is 2. The molecular formula is C11H16O7S2. The molecule has 3 unspecified atom stereocenters. The molecule has 0 aromatic rings. The molecule has 0 saturated carbocycles. The summed E-state index contributed by atoms with van der Waals surface area (Å²) in [5, 5.41) is 6.63. The summed E-state index contributed by atoms with van der Waals surface area (Å²) in [4.78, 5) is 43.3. The third-order valence-corrected chi connectivity index (χ3v) is 3.80. The van der Waals surface area contributed by atoms with Gasteiger partial charge in [-0.1, -0.05) is 0 Å². The standard InChI is InChI=1S/C8H10O5S.C3H6O2S/c1-12-7(10)5-4(9)3-14-6(5)8(11)13-2;1-2(6)3(4)5/h5-6H,3H2,1-2H3;2,6H,1H3,(H,4,5). The molecule has 3 atom stereocenters. The van der Waals surface area contributed by atoms with E-state index in [0.29, 0.717) is 0 Å². The van der Waals surface area contributed by atoms with Crippen LogP contribution in [0.3, 0.4) is 0 Å². The van der Waals surface area contributed by atoms with Crippen LogP contribution in [-0.2, 0) is 28.7 Å². The van der Waals surface area contributed by atoms with Crippen LogP contribution in [0.4, 0.5) is 0 Å². The zero-order valence-electron chi connectivity index (χ0n) is 11.2. The Hall–Kier alpha value is -1.22. The van der Waals surface area contributed by atoms with Gasteiger partial charge in [-0.2, -0.15) is 12.6 Å². The van der Waals surface area contributed by atoms with E-state index in [1.165, 1.54) is 21.1 Å². The number of ketones is 1. The van der Waals surface area contributed by atoms with Crippen molar-refractivity contribution in [2.75, 3.05) is 20.0 Å². The molecule has 0 aromatic heterocycles. The van der Waals surface area contributed by atoms with Crippen molar-refractivity contribution in [3.63, 3.8) is 0 Å². The van der Waals surface area contributed by atoms with Crippen molar-refractivity contribution in [1.82, 2.24) is 0 Å². The van der Waals surface area contributed by atoms with Gasteiger partial charge in [0, 0.05) is 0 Å². The van der Waals surface area contributed by atoms with Crippen LogP contribution in [0.25, 0.3) is 0 Å². The van der Waals surface area contributed by atoms with Crippen LogP contribution < -0.4 is 0 Å². The zero-order chi connectivity index (χ0) is 15.9. The highest BCUT2D eigenvalue weighted by Gasteiger charge is 2.46. The lowest BCUT2D eigenvalue weighted by Crippen LogP contribution is -2.34. The van der Waals surface area contributed by atoms with E-state index < -0.39 is 34.3 Å². The van der Waals surface area contributed by atoms with Crippen LogP contribution in [0.1, 0.15) is 6.92 Å². The molecule has 0 radical (unpaired) electrons. The van der Waals surface area contributed by atoms with Crippen LogP contribution >= 0.6 is 24.4 Å². The lowest BCUT2D eigenvalue weighted by atomic mass is 10.0. The molecule has 1 aliphatic heterocycles. The molecule has 9 heteroatoms. The Morgan fingerprint density at radius 1 is 1.30 bits per heavy atom. The third-order valence-electron chi connectivity index (χ3n) is 2.30. The zero-order valence-corrected chi connectivity index (χ0v) is 12.9. The Bertz CT molecular complexity index is 394. The molecule has 1 heterocycles. The number of ether oxygens (including phenoxy) is 2. The minimum atomic E-state index is -1.00. The van der Waals surface area contributed by atoms with Crippen LogP contribution in [0.15, 0.2) is 0 Å². The maximum atomic E-state index is 11.3. The van der Waals surface area contributed by atoms with Gasteiger partial charge in [-0.3, -0.25) is 19.2 Å². The van der Waals surface area contributed by atoms with Crippen molar-refractivity contribution in [3.8, 4) is 0 Å². The van der Waals surface area contributed by atoms with Crippen LogP contribution in [-0.4, -0.2) is 59.3 Å². The van der Waals surface area contributed by atoms with E-state index >= 15 is 0 Å². The van der Waals surface area contributed by atoms with E-state index in [2.05, 4.69) is 22.1 Å². The summed E-state index contributed by atoms with van der Waals surface area (Å²) < 4.78 is 8.94. The molecule has 20 heavy (non-hydrogen) atoms. The van der Waals surface area contributed by atoms with E-state index in [1.807, 2.05) is 0 Å². The fourth-order valence-corrected chi connectivity index (χ4v) is 2.44. The second-order valence-corrected chi connectivity index (χ2v) is 5.64. The predicted octanol–water partition coefficient (Wildman–Crippen LogP) is 0.0224. The number of carboxylic acid groups (broad SMARTS) is 1. The first kappa shape index (κ1) is 18.8. The molecular weight excluding hydrogens is 308 g/mol. The molecule has 0 aliphatic carbocycles. The number of aliphatic carboxylic acids is 1. The number of thiol groups is 1. The Morgan fingerprint density at radius 3 is 2.10 bits per heavy atom. The molecule has 0 aromatic carbocycles. The fourth-order valence-electron chi connectivity index (χ4n) is 1.23. The highest BCUT2D eigenvalue weighted by Crippen LogP contribution is 2.31. The van der Waals surface area contributed by atoms with E-state index in [1.54, 1.807) is 0 Å². The van der Waals surface area contributed by atoms with Gasteiger partial charge in [0.2, 0.25) is 0 Å². The van der Waals surface area contributed by atoms with Gasteiger partial charge in [0.15, 0.2) is 5.78 Å². The summed E-state index contributed by atoms with van der Waals surface area (Å²) in [5.41, 5.74) is 0. The average Bonchev–Trinajstić information content (AvgIpc) is 2.79. The second-order valence-electron chi connectivity index (χ2n) is 3.74. The minimum Gasteiger partial charge on any atom is -0.480 e. The molecule has 1 rings (SSSR count). The van der Waals surface area contributed by atoms with Crippen LogP contribution in [0.2, 0.25) is 0 Å². The van der Waals surface area contributed by atoms with Gasteiger partial charge >= 0.3 is 17.9 Å². The SMILES string of the molecule is CC(S)C(=O)O.COC(=O)C1SCC(=O)C1C(=O)OC. The Morgan fingerprint density at radius 2 is 1.75 bits per heavy atom. The van der Waals surface area contributed by atoms with Crippen LogP contribution in [0, 0.1) is 5.92 Å². The van der Waals surface area contributed by atoms with Crippen molar-refractivity contribution in [3.05, 3.63) is 0 Å². The van der Waals surface area contributed by atoms with Gasteiger partial charge in [0.1, 0.15) is 11.2 Å². The Kier molecular flexibility index (Phi) is 8.31. The second kappa shape index (κ2) is 8.85. The highest BCUT2D eigenvalue weighted by atomic mass is 32.2. The average molecular weight is 324 g/mol. The number of rotatable bonds is 3. The number of carbonyl (C=O) groups excluding carboxylic acids is 3. The molecule has 7 nitrogen and oxygen atoms in total. The van der Waals surface area contributed by atoms with Gasteiger partial charge < -0.3 is 14.6 Å². The summed E-state index contributed by atoms with van der Waals surface area (Å²) in [6.07, 6.45) is 0. The number of thioether (sulfide) groups is 1. The molecule has 1 N–H and O–H groups in total. The monoisotopic (exact) mass is 324 g/mol. The minimum absolute atomic E-state index is 0.152. The Labute approximate surface area is 125 Å². The fraction of sp³-hybridized carbons (Fsp3) is 0.636. The largest absolute Gasteiger partial charge is 0.480 e. The van der Waals surface area contributed by atoms with Gasteiger partial charge in [0.05, 0.1) is 25.2 Å². The maximum absolute atomic E-state index is 11.3. The van der Waals surface area contributed by atoms with Gasteiger partial charge in [0.25, 0.3) is 0 Å². The summed E-state index contributed by atoms with van der Waals surface area (Å²) in [6, 6.07) is 0. The summed E-state index contributed by atoms with van der Waals surface area (Å²) in [6.45, 7) is 1.51. The van der Waals surface area contributed by atoms with Crippen molar-refractivity contribution in [2.24, 2.45) is 5.92 Å². The lowest BCUT2D eigenvalue weighted by Gasteiger charge is -2.12. The lowest BCUT2D eigenvalue weighted by molar-refractivity contribution is -0.153. The molecule has 0 amide bonds. The van der Waals surface area contributed by atoms with Crippen molar-refractivity contribution in [2.45, 2.75) is 17.4 Å². The molecule has 1 fully saturated rings. The van der Waals surface area contributed by atoms with E-state index in [0.717, 1.165) is 11.8 Å². The normalized spacial score (nSPS) is 22.3. The quantitative estimate of drug-likeness (QED) is 0.425. The first-order valence-corrected chi connectivity index (χ1v) is 7.03. The number of hydrogen-bond donors (Lipinski definition) is 2. The molecule has 0 spiro atoms. The smallest absolute Gasteiger partial charge is 0.320 e. The Balaban J connectivity index is 0.000000511. The number of hydrogen-bond acceptors (Lipinski definition) is 8. The third kappa shape index (κ3) is 5.41. The molecule has 114 valence electrons. The predicted molar refractivity (Wildman–Crippen MR) is 74.9 cm³/mol.